The molecule has 76 valence electrons. The summed E-state index contributed by atoms with van der Waals surface area (Å²) in [5, 5.41) is 7.82. The van der Waals surface area contributed by atoms with Gasteiger partial charge in [-0.3, -0.25) is 0 Å². The summed E-state index contributed by atoms with van der Waals surface area (Å²) in [5.41, 5.74) is 0. The molecule has 8 heteroatoms. The van der Waals surface area contributed by atoms with Gasteiger partial charge in [-0.1, -0.05) is 0 Å². The van der Waals surface area contributed by atoms with Crippen LogP contribution in [-0.2, 0) is 14.3 Å². The molecule has 0 aromatic heterocycles. The molecule has 0 amide bonds. The minimum absolute atomic E-state index is 2.00. The first kappa shape index (κ1) is 11.7. The van der Waals surface area contributed by atoms with Crippen LogP contribution in [0.3, 0.4) is 0 Å². The highest BCUT2D eigenvalue weighted by Crippen LogP contribution is 2.14. The number of ether oxygens (including phenoxy) is 1. The van der Waals surface area contributed by atoms with Gasteiger partial charge in [-0.15, -0.1) is 0 Å². The second-order valence-electron chi connectivity index (χ2n) is 1.92. The second kappa shape index (κ2) is 4.06. The number of hydrogen-bond donors (Lipinski definition) is 1. The van der Waals surface area contributed by atoms with Crippen LogP contribution in [-0.4, -0.2) is 36.0 Å². The molecule has 0 fully saturated rings. The van der Waals surface area contributed by atoms with Gasteiger partial charge in [0.2, 0.25) is 0 Å². The summed E-state index contributed by atoms with van der Waals surface area (Å²) in [6.07, 6.45) is -7.88. The Balaban J connectivity index is 3.96. The molecule has 1 atom stereocenters. The van der Waals surface area contributed by atoms with Crippen molar-refractivity contribution >= 4 is 11.9 Å². The maximum Gasteiger partial charge on any atom is 0.422 e. The molecule has 4 nitrogen and oxygen atoms in total. The first-order valence-electron chi connectivity index (χ1n) is 2.84. The van der Waals surface area contributed by atoms with E-state index in [0.29, 0.717) is 0 Å². The van der Waals surface area contributed by atoms with Gasteiger partial charge in [0.25, 0.3) is 6.17 Å². The predicted molar refractivity (Wildman–Crippen MR) is 29.5 cm³/mol. The maximum atomic E-state index is 12.1. The number of alkyl halides is 4. The fourth-order valence-electron chi connectivity index (χ4n) is 0.327. The number of esters is 1. The predicted octanol–water partition coefficient (Wildman–Crippen LogP) is 0.515. The van der Waals surface area contributed by atoms with Gasteiger partial charge in [-0.05, 0) is 0 Å². The van der Waals surface area contributed by atoms with Crippen LogP contribution in [0.25, 0.3) is 0 Å². The van der Waals surface area contributed by atoms with Crippen LogP contribution in [0.5, 0.6) is 0 Å². The Labute approximate surface area is 69.1 Å². The average Bonchev–Trinajstić information content (AvgIpc) is 1.97. The second-order valence-corrected chi connectivity index (χ2v) is 1.92. The summed E-state index contributed by atoms with van der Waals surface area (Å²) in [5.74, 6) is -4.25. The van der Waals surface area contributed by atoms with E-state index < -0.39 is 30.9 Å². The molecule has 0 saturated carbocycles. The van der Waals surface area contributed by atoms with Gasteiger partial charge in [0.1, 0.15) is 0 Å². The Morgan fingerprint density at radius 1 is 1.38 bits per heavy atom. The van der Waals surface area contributed by atoms with Crippen molar-refractivity contribution < 1.29 is 37.0 Å². The minimum atomic E-state index is -4.80. The molecule has 0 aliphatic rings. The Kier molecular flexibility index (Phi) is 3.64. The highest BCUT2D eigenvalue weighted by Gasteiger charge is 2.33. The number of carboxylic acid groups (broad SMARTS) is 1. The van der Waals surface area contributed by atoms with Crippen LogP contribution in [0.2, 0.25) is 0 Å². The van der Waals surface area contributed by atoms with Crippen LogP contribution in [0.1, 0.15) is 0 Å². The zero-order chi connectivity index (χ0) is 10.6. The number of carboxylic acids is 1. The van der Waals surface area contributed by atoms with Crippen LogP contribution < -0.4 is 0 Å². The summed E-state index contributed by atoms with van der Waals surface area (Å²) in [7, 11) is 0. The topological polar surface area (TPSA) is 63.6 Å². The van der Waals surface area contributed by atoms with Crippen molar-refractivity contribution in [1.29, 1.82) is 0 Å². The van der Waals surface area contributed by atoms with Crippen molar-refractivity contribution in [3.8, 4) is 0 Å². The van der Waals surface area contributed by atoms with E-state index in [0.717, 1.165) is 0 Å². The number of aliphatic carboxylic acids is 1. The molecule has 0 saturated heterocycles. The van der Waals surface area contributed by atoms with Gasteiger partial charge in [0.15, 0.2) is 6.61 Å². The normalized spacial score (nSPS) is 13.5. The summed E-state index contributed by atoms with van der Waals surface area (Å²) in [4.78, 5) is 19.9. The Morgan fingerprint density at radius 2 is 1.85 bits per heavy atom. The van der Waals surface area contributed by atoms with Crippen molar-refractivity contribution in [3.05, 3.63) is 0 Å². The van der Waals surface area contributed by atoms with E-state index in [2.05, 4.69) is 4.74 Å². The lowest BCUT2D eigenvalue weighted by Crippen LogP contribution is -2.30. The molecular formula is C5H4F4O4. The van der Waals surface area contributed by atoms with Gasteiger partial charge in [-0.2, -0.15) is 13.2 Å². The molecule has 0 rings (SSSR count). The van der Waals surface area contributed by atoms with Crippen molar-refractivity contribution in [2.45, 2.75) is 12.3 Å². The molecule has 0 heterocycles. The van der Waals surface area contributed by atoms with E-state index in [1.54, 1.807) is 0 Å². The molecule has 0 aliphatic heterocycles. The van der Waals surface area contributed by atoms with E-state index in [1.807, 2.05) is 0 Å². The highest BCUT2D eigenvalue weighted by atomic mass is 19.4. The fourth-order valence-corrected chi connectivity index (χ4v) is 0.327. The molecule has 1 N–H and O–H groups in total. The van der Waals surface area contributed by atoms with E-state index in [9.17, 15) is 27.2 Å². The zero-order valence-electron chi connectivity index (χ0n) is 5.97. The largest absolute Gasteiger partial charge is 0.479 e. The number of halogens is 4. The van der Waals surface area contributed by atoms with Crippen LogP contribution >= 0.6 is 0 Å². The van der Waals surface area contributed by atoms with Gasteiger partial charge in [0, 0.05) is 0 Å². The van der Waals surface area contributed by atoms with E-state index in [-0.39, 0.29) is 0 Å². The van der Waals surface area contributed by atoms with Gasteiger partial charge in [-0.25, -0.2) is 14.0 Å². The van der Waals surface area contributed by atoms with E-state index in [4.69, 9.17) is 5.11 Å². The molecule has 1 unspecified atom stereocenters. The third kappa shape index (κ3) is 4.99. The lowest BCUT2D eigenvalue weighted by molar-refractivity contribution is -0.191. The standard InChI is InChI=1S/C5H4F4O4/c6-2(3(10)11)4(12)13-1-5(7,8)9/h2H,1H2,(H,10,11). The van der Waals surface area contributed by atoms with Gasteiger partial charge in [0.05, 0.1) is 0 Å². The lowest BCUT2D eigenvalue weighted by Gasteiger charge is -2.07. The van der Waals surface area contributed by atoms with Crippen molar-refractivity contribution in [1.82, 2.24) is 0 Å². The first-order chi connectivity index (χ1) is 5.74. The third-order valence-corrected chi connectivity index (χ3v) is 0.802. The number of hydrogen-bond acceptors (Lipinski definition) is 3. The molecule has 0 spiro atoms. The van der Waals surface area contributed by atoms with E-state index in [1.165, 1.54) is 0 Å². The quantitative estimate of drug-likeness (QED) is 0.413. The Hall–Kier alpha value is -1.34. The van der Waals surface area contributed by atoms with E-state index >= 15 is 0 Å². The molecule has 0 aromatic rings. The van der Waals surface area contributed by atoms with Crippen LogP contribution in [0, 0.1) is 0 Å². The Morgan fingerprint density at radius 3 is 2.15 bits per heavy atom. The van der Waals surface area contributed by atoms with Crippen LogP contribution in [0.15, 0.2) is 0 Å². The average molecular weight is 204 g/mol. The van der Waals surface area contributed by atoms with Crippen molar-refractivity contribution in [2.75, 3.05) is 6.61 Å². The summed E-state index contributed by atoms with van der Waals surface area (Å²) in [6.45, 7) is -2.00. The van der Waals surface area contributed by atoms with Crippen molar-refractivity contribution in [2.24, 2.45) is 0 Å². The summed E-state index contributed by atoms with van der Waals surface area (Å²) in [6, 6.07) is 0. The number of carbonyl (C=O) groups excluding carboxylic acids is 1. The first-order valence-corrected chi connectivity index (χ1v) is 2.84. The molecule has 13 heavy (non-hydrogen) atoms. The maximum absolute atomic E-state index is 12.1. The highest BCUT2D eigenvalue weighted by molar-refractivity contribution is 5.96. The fraction of sp³-hybridized carbons (Fsp3) is 0.600. The Bertz CT molecular complexity index is 211. The molecule has 0 aliphatic carbocycles. The minimum Gasteiger partial charge on any atom is -0.479 e. The SMILES string of the molecule is O=C(O)C(F)C(=O)OCC(F)(F)F. The number of carbonyl (C=O) groups is 2. The monoisotopic (exact) mass is 204 g/mol. The molecule has 0 radical (unpaired) electrons. The summed E-state index contributed by atoms with van der Waals surface area (Å²) >= 11 is 0. The van der Waals surface area contributed by atoms with Gasteiger partial charge < -0.3 is 9.84 Å². The molecular weight excluding hydrogens is 200 g/mol. The molecule has 0 bridgehead atoms. The van der Waals surface area contributed by atoms with Gasteiger partial charge >= 0.3 is 18.1 Å². The smallest absolute Gasteiger partial charge is 0.422 e. The lowest BCUT2D eigenvalue weighted by atomic mass is 10.4. The summed E-state index contributed by atoms with van der Waals surface area (Å²) < 4.78 is 49.4. The van der Waals surface area contributed by atoms with Crippen molar-refractivity contribution in [3.63, 3.8) is 0 Å². The van der Waals surface area contributed by atoms with Crippen LogP contribution in [0.4, 0.5) is 17.6 Å². The zero-order valence-corrected chi connectivity index (χ0v) is 5.97. The molecule has 0 aromatic carbocycles. The third-order valence-electron chi connectivity index (χ3n) is 0.802. The number of rotatable bonds is 3.